The molecule has 84 valence electrons. The molecule has 0 spiro atoms. The van der Waals surface area contributed by atoms with Crippen LogP contribution in [0.15, 0.2) is 6.33 Å². The van der Waals surface area contributed by atoms with Crippen LogP contribution in [0.2, 0.25) is 0 Å². The van der Waals surface area contributed by atoms with Crippen LogP contribution in [0.5, 0.6) is 0 Å². The van der Waals surface area contributed by atoms with Crippen molar-refractivity contribution in [1.29, 1.82) is 0 Å². The molecule has 2 heterocycles. The number of hydrogen-bond acceptors (Lipinski definition) is 4. The van der Waals surface area contributed by atoms with Crippen molar-refractivity contribution in [3.63, 3.8) is 0 Å². The quantitative estimate of drug-likeness (QED) is 0.752. The largest absolute Gasteiger partial charge is 0.306 e. The Balaban J connectivity index is 1.73. The number of nitrogens with one attached hydrogen (secondary N) is 2. The van der Waals surface area contributed by atoms with E-state index in [4.69, 9.17) is 0 Å². The van der Waals surface area contributed by atoms with Crippen molar-refractivity contribution in [2.45, 2.75) is 38.9 Å². The van der Waals surface area contributed by atoms with E-state index in [0.29, 0.717) is 12.1 Å². The van der Waals surface area contributed by atoms with Crippen molar-refractivity contribution in [3.05, 3.63) is 12.2 Å². The van der Waals surface area contributed by atoms with Crippen LogP contribution < -0.4 is 5.32 Å². The van der Waals surface area contributed by atoms with Crippen molar-refractivity contribution in [1.82, 2.24) is 25.4 Å². The molecule has 1 aromatic heterocycles. The second-order valence-electron chi connectivity index (χ2n) is 4.39. The Hall–Kier alpha value is -0.940. The lowest BCUT2D eigenvalue weighted by atomic mass is 10.2. The first kappa shape index (κ1) is 10.6. The van der Waals surface area contributed by atoms with Crippen LogP contribution in [0.25, 0.3) is 0 Å². The molecule has 15 heavy (non-hydrogen) atoms. The van der Waals surface area contributed by atoms with Gasteiger partial charge < -0.3 is 5.32 Å². The number of aromatic amines is 1. The van der Waals surface area contributed by atoms with Gasteiger partial charge in [-0.05, 0) is 26.8 Å². The van der Waals surface area contributed by atoms with Gasteiger partial charge >= 0.3 is 0 Å². The Labute approximate surface area is 90.3 Å². The lowest BCUT2D eigenvalue weighted by Crippen LogP contribution is -2.35. The van der Waals surface area contributed by atoms with E-state index in [1.165, 1.54) is 13.0 Å². The maximum absolute atomic E-state index is 4.09. The number of nitrogens with zero attached hydrogens (tertiary/aromatic N) is 3. The maximum Gasteiger partial charge on any atom is 0.138 e. The first-order chi connectivity index (χ1) is 7.25. The van der Waals surface area contributed by atoms with E-state index in [1.807, 2.05) is 0 Å². The molecule has 0 amide bonds. The van der Waals surface area contributed by atoms with Gasteiger partial charge in [-0.15, -0.1) is 0 Å². The second-order valence-corrected chi connectivity index (χ2v) is 4.39. The number of H-pyrrole nitrogens is 1. The summed E-state index contributed by atoms with van der Waals surface area (Å²) >= 11 is 0. The first-order valence-electron chi connectivity index (χ1n) is 5.57. The molecule has 0 bridgehead atoms. The Morgan fingerprint density at radius 1 is 1.67 bits per heavy atom. The van der Waals surface area contributed by atoms with Gasteiger partial charge in [0.2, 0.25) is 0 Å². The van der Waals surface area contributed by atoms with Crippen LogP contribution in [0, 0.1) is 0 Å². The van der Waals surface area contributed by atoms with Gasteiger partial charge in [-0.1, -0.05) is 0 Å². The predicted octanol–water partition coefficient (Wildman–Crippen LogP) is 0.377. The molecule has 0 saturated carbocycles. The monoisotopic (exact) mass is 209 g/mol. The first-order valence-corrected chi connectivity index (χ1v) is 5.57. The van der Waals surface area contributed by atoms with Crippen LogP contribution >= 0.6 is 0 Å². The van der Waals surface area contributed by atoms with E-state index < -0.39 is 0 Å². The van der Waals surface area contributed by atoms with Gasteiger partial charge in [0.05, 0.1) is 6.54 Å². The molecular formula is C10H19N5. The van der Waals surface area contributed by atoms with Gasteiger partial charge in [-0.2, -0.15) is 5.10 Å². The summed E-state index contributed by atoms with van der Waals surface area (Å²) in [6.45, 7) is 7.63. The fraction of sp³-hybridized carbons (Fsp3) is 0.800. The van der Waals surface area contributed by atoms with E-state index in [0.717, 1.165) is 18.9 Å². The highest BCUT2D eigenvalue weighted by Gasteiger charge is 2.23. The summed E-state index contributed by atoms with van der Waals surface area (Å²) in [7, 11) is 0. The zero-order valence-electron chi connectivity index (χ0n) is 9.40. The Morgan fingerprint density at radius 3 is 3.13 bits per heavy atom. The Bertz CT molecular complexity index is 282. The Morgan fingerprint density at radius 2 is 2.53 bits per heavy atom. The fourth-order valence-electron chi connectivity index (χ4n) is 1.98. The topological polar surface area (TPSA) is 56.8 Å². The highest BCUT2D eigenvalue weighted by Crippen LogP contribution is 2.12. The minimum Gasteiger partial charge on any atom is -0.306 e. The number of likely N-dealkylation sites (tertiary alicyclic amines) is 1. The van der Waals surface area contributed by atoms with Gasteiger partial charge in [0.15, 0.2) is 0 Å². The average molecular weight is 209 g/mol. The summed E-state index contributed by atoms with van der Waals surface area (Å²) < 4.78 is 0. The van der Waals surface area contributed by atoms with Gasteiger partial charge in [0.25, 0.3) is 0 Å². The molecule has 1 fully saturated rings. The average Bonchev–Trinajstić information content (AvgIpc) is 2.86. The molecule has 1 aliphatic rings. The molecule has 0 aromatic carbocycles. The third-order valence-corrected chi connectivity index (χ3v) is 2.97. The zero-order valence-corrected chi connectivity index (χ0v) is 9.40. The lowest BCUT2D eigenvalue weighted by molar-refractivity contribution is 0.268. The van der Waals surface area contributed by atoms with E-state index >= 15 is 0 Å². The summed E-state index contributed by atoms with van der Waals surface area (Å²) in [4.78, 5) is 6.59. The fourth-order valence-corrected chi connectivity index (χ4v) is 1.98. The van der Waals surface area contributed by atoms with Crippen LogP contribution in [-0.2, 0) is 6.54 Å². The molecule has 1 aromatic rings. The van der Waals surface area contributed by atoms with E-state index in [2.05, 4.69) is 39.2 Å². The normalized spacial score (nSPS) is 22.7. The van der Waals surface area contributed by atoms with Crippen molar-refractivity contribution in [2.75, 3.05) is 13.1 Å². The van der Waals surface area contributed by atoms with Gasteiger partial charge in [-0.3, -0.25) is 10.00 Å². The van der Waals surface area contributed by atoms with Crippen molar-refractivity contribution >= 4 is 0 Å². The number of rotatable bonds is 4. The van der Waals surface area contributed by atoms with Gasteiger partial charge in [0.1, 0.15) is 12.2 Å². The molecule has 5 nitrogen and oxygen atoms in total. The number of hydrogen-bond donors (Lipinski definition) is 2. The highest BCUT2D eigenvalue weighted by molar-refractivity contribution is 4.86. The highest BCUT2D eigenvalue weighted by atomic mass is 15.2. The van der Waals surface area contributed by atoms with Crippen LogP contribution in [0.4, 0.5) is 0 Å². The predicted molar refractivity (Wildman–Crippen MR) is 58.3 cm³/mol. The van der Waals surface area contributed by atoms with Gasteiger partial charge in [-0.25, -0.2) is 4.98 Å². The molecular weight excluding hydrogens is 190 g/mol. The third kappa shape index (κ3) is 2.76. The Kier molecular flexibility index (Phi) is 3.33. The third-order valence-electron chi connectivity index (χ3n) is 2.97. The van der Waals surface area contributed by atoms with Crippen LogP contribution in [0.1, 0.15) is 26.1 Å². The van der Waals surface area contributed by atoms with Gasteiger partial charge in [0, 0.05) is 18.6 Å². The SMILES string of the molecule is CC(C)N1CCC(NCc2ncn[nH]2)C1. The summed E-state index contributed by atoms with van der Waals surface area (Å²) in [6.07, 6.45) is 2.78. The minimum absolute atomic E-state index is 0.595. The summed E-state index contributed by atoms with van der Waals surface area (Å²) in [5.74, 6) is 0.915. The molecule has 1 saturated heterocycles. The van der Waals surface area contributed by atoms with E-state index in [1.54, 1.807) is 6.33 Å². The van der Waals surface area contributed by atoms with E-state index in [-0.39, 0.29) is 0 Å². The molecule has 1 unspecified atom stereocenters. The summed E-state index contributed by atoms with van der Waals surface area (Å²) in [5.41, 5.74) is 0. The number of aromatic nitrogens is 3. The molecule has 2 rings (SSSR count). The van der Waals surface area contributed by atoms with Crippen molar-refractivity contribution in [2.24, 2.45) is 0 Å². The molecule has 1 atom stereocenters. The van der Waals surface area contributed by atoms with Crippen molar-refractivity contribution < 1.29 is 0 Å². The minimum atomic E-state index is 0.595. The van der Waals surface area contributed by atoms with Crippen LogP contribution in [-0.4, -0.2) is 45.3 Å². The lowest BCUT2D eigenvalue weighted by Gasteiger charge is -2.20. The summed E-state index contributed by atoms with van der Waals surface area (Å²) in [6, 6.07) is 1.25. The second kappa shape index (κ2) is 4.72. The standard InChI is InChI=1S/C10H19N5/c1-8(2)15-4-3-9(6-15)11-5-10-12-7-13-14-10/h7-9,11H,3-6H2,1-2H3,(H,12,13,14). The molecule has 5 heteroatoms. The molecule has 1 aliphatic heterocycles. The smallest absolute Gasteiger partial charge is 0.138 e. The van der Waals surface area contributed by atoms with E-state index in [9.17, 15) is 0 Å². The molecule has 0 aliphatic carbocycles. The zero-order chi connectivity index (χ0) is 10.7. The molecule has 2 N–H and O–H groups in total. The van der Waals surface area contributed by atoms with Crippen molar-refractivity contribution in [3.8, 4) is 0 Å². The maximum atomic E-state index is 4.09. The molecule has 0 radical (unpaired) electrons. The summed E-state index contributed by atoms with van der Waals surface area (Å²) in [5, 5.41) is 10.2. The van der Waals surface area contributed by atoms with Crippen LogP contribution in [0.3, 0.4) is 0 Å².